The zero-order chi connectivity index (χ0) is 17.9. The maximum atomic E-state index is 5.90. The predicted molar refractivity (Wildman–Crippen MR) is 96.7 cm³/mol. The lowest BCUT2D eigenvalue weighted by molar-refractivity contribution is 0.234. The molecule has 4 heterocycles. The third-order valence-corrected chi connectivity index (χ3v) is 4.77. The maximum absolute atomic E-state index is 5.90. The number of hydrogen-bond acceptors (Lipinski definition) is 6. The molecule has 1 fully saturated rings. The molecule has 7 nitrogen and oxygen atoms in total. The van der Waals surface area contributed by atoms with Crippen LogP contribution in [-0.4, -0.2) is 35.9 Å². The Kier molecular flexibility index (Phi) is 4.62. The second kappa shape index (κ2) is 7.21. The van der Waals surface area contributed by atoms with Crippen molar-refractivity contribution in [2.45, 2.75) is 32.4 Å². The van der Waals surface area contributed by atoms with E-state index in [0.717, 1.165) is 43.1 Å². The lowest BCUT2D eigenvalue weighted by Gasteiger charge is -2.23. The van der Waals surface area contributed by atoms with Gasteiger partial charge in [-0.2, -0.15) is 0 Å². The number of imidazole rings is 1. The summed E-state index contributed by atoms with van der Waals surface area (Å²) in [5, 5.41) is 0. The van der Waals surface area contributed by atoms with Crippen molar-refractivity contribution >= 4 is 0 Å². The zero-order valence-corrected chi connectivity index (χ0v) is 15.0. The van der Waals surface area contributed by atoms with Gasteiger partial charge in [-0.25, -0.2) is 9.97 Å². The van der Waals surface area contributed by atoms with E-state index in [9.17, 15) is 0 Å². The number of rotatable bonds is 5. The summed E-state index contributed by atoms with van der Waals surface area (Å²) in [5.74, 6) is 2.26. The van der Waals surface area contributed by atoms with Gasteiger partial charge in [-0.15, -0.1) is 0 Å². The molecular weight excluding hydrogens is 328 g/mol. The van der Waals surface area contributed by atoms with Gasteiger partial charge in [-0.05, 0) is 38.4 Å². The molecule has 4 rings (SSSR count). The molecule has 1 atom stereocenters. The van der Waals surface area contributed by atoms with E-state index < -0.39 is 0 Å². The molecule has 0 N–H and O–H groups in total. The topological polar surface area (TPSA) is 69.0 Å². The molecule has 3 aromatic rings. The summed E-state index contributed by atoms with van der Waals surface area (Å²) in [7, 11) is 2.03. The first-order chi connectivity index (χ1) is 12.7. The lowest BCUT2D eigenvalue weighted by atomic mass is 10.1. The number of aryl methyl sites for hydroxylation is 2. The van der Waals surface area contributed by atoms with Crippen molar-refractivity contribution < 1.29 is 4.74 Å². The highest BCUT2D eigenvalue weighted by atomic mass is 16.5. The Morgan fingerprint density at radius 2 is 2.15 bits per heavy atom. The Morgan fingerprint density at radius 1 is 1.23 bits per heavy atom. The fraction of sp³-hybridized carbons (Fsp3) is 0.368. The highest BCUT2D eigenvalue weighted by Gasteiger charge is 2.28. The summed E-state index contributed by atoms with van der Waals surface area (Å²) >= 11 is 0. The van der Waals surface area contributed by atoms with Crippen LogP contribution in [0.5, 0.6) is 11.6 Å². The fourth-order valence-corrected chi connectivity index (χ4v) is 3.34. The third kappa shape index (κ3) is 3.43. The molecule has 0 spiro atoms. The Hall–Kier alpha value is -2.80. The largest absolute Gasteiger partial charge is 0.436 e. The number of likely N-dealkylation sites (tertiary alicyclic amines) is 1. The molecule has 7 heteroatoms. The number of aromatic nitrogens is 5. The molecule has 3 aromatic heterocycles. The average Bonchev–Trinajstić information content (AvgIpc) is 3.27. The van der Waals surface area contributed by atoms with Crippen molar-refractivity contribution in [3.8, 4) is 11.6 Å². The van der Waals surface area contributed by atoms with E-state index in [1.807, 2.05) is 44.7 Å². The molecule has 0 aliphatic carbocycles. The van der Waals surface area contributed by atoms with E-state index in [1.54, 1.807) is 12.4 Å². The number of pyridine rings is 1. The summed E-state index contributed by atoms with van der Waals surface area (Å²) in [4.78, 5) is 20.2. The first-order valence-corrected chi connectivity index (χ1v) is 8.82. The fourth-order valence-electron chi connectivity index (χ4n) is 3.34. The van der Waals surface area contributed by atoms with Gasteiger partial charge in [-0.1, -0.05) is 0 Å². The first-order valence-electron chi connectivity index (χ1n) is 8.82. The van der Waals surface area contributed by atoms with Crippen molar-refractivity contribution in [1.29, 1.82) is 0 Å². The normalized spacial score (nSPS) is 17.5. The Morgan fingerprint density at radius 3 is 2.96 bits per heavy atom. The molecule has 0 bridgehead atoms. The predicted octanol–water partition coefficient (Wildman–Crippen LogP) is 3.04. The van der Waals surface area contributed by atoms with Gasteiger partial charge in [0.1, 0.15) is 5.82 Å². The monoisotopic (exact) mass is 350 g/mol. The molecular formula is C19H22N6O. The number of hydrogen-bond donors (Lipinski definition) is 0. The molecule has 0 saturated carbocycles. The van der Waals surface area contributed by atoms with Gasteiger partial charge in [0.2, 0.25) is 5.88 Å². The van der Waals surface area contributed by atoms with Gasteiger partial charge >= 0.3 is 0 Å². The molecule has 1 aliphatic rings. The van der Waals surface area contributed by atoms with Crippen LogP contribution in [0.15, 0.2) is 43.1 Å². The van der Waals surface area contributed by atoms with Crippen LogP contribution in [0.4, 0.5) is 0 Å². The lowest BCUT2D eigenvalue weighted by Crippen LogP contribution is -2.25. The second-order valence-electron chi connectivity index (χ2n) is 6.55. The quantitative estimate of drug-likeness (QED) is 0.704. The Bertz CT molecular complexity index is 893. The van der Waals surface area contributed by atoms with Crippen LogP contribution in [0.25, 0.3) is 0 Å². The SMILES string of the molecule is Cc1ncccc1Oc1cncc([C@@H]2CCCN2Cc2nccn2C)n1. The van der Waals surface area contributed by atoms with Crippen LogP contribution in [0, 0.1) is 6.92 Å². The Labute approximate surface area is 152 Å². The minimum absolute atomic E-state index is 0.234. The van der Waals surface area contributed by atoms with Crippen LogP contribution in [0.1, 0.15) is 36.1 Å². The second-order valence-corrected chi connectivity index (χ2v) is 6.55. The van der Waals surface area contributed by atoms with E-state index in [-0.39, 0.29) is 6.04 Å². The minimum Gasteiger partial charge on any atom is -0.436 e. The van der Waals surface area contributed by atoms with Gasteiger partial charge in [0.15, 0.2) is 5.75 Å². The molecule has 0 amide bonds. The van der Waals surface area contributed by atoms with Crippen molar-refractivity contribution in [2.75, 3.05) is 6.54 Å². The van der Waals surface area contributed by atoms with Crippen LogP contribution < -0.4 is 4.74 Å². The van der Waals surface area contributed by atoms with Gasteiger partial charge in [0.05, 0.1) is 36.4 Å². The minimum atomic E-state index is 0.234. The average molecular weight is 350 g/mol. The van der Waals surface area contributed by atoms with E-state index in [0.29, 0.717) is 11.6 Å². The molecule has 0 aromatic carbocycles. The third-order valence-electron chi connectivity index (χ3n) is 4.77. The van der Waals surface area contributed by atoms with Gasteiger partial charge in [0.25, 0.3) is 0 Å². The van der Waals surface area contributed by atoms with Crippen LogP contribution >= 0.6 is 0 Å². The molecule has 0 unspecified atom stereocenters. The Balaban J connectivity index is 1.53. The number of nitrogens with zero attached hydrogens (tertiary/aromatic N) is 6. The number of ether oxygens (including phenoxy) is 1. The van der Waals surface area contributed by atoms with Crippen molar-refractivity contribution in [2.24, 2.45) is 7.05 Å². The summed E-state index contributed by atoms with van der Waals surface area (Å²) in [6, 6.07) is 3.97. The van der Waals surface area contributed by atoms with E-state index in [1.165, 1.54) is 0 Å². The summed E-state index contributed by atoms with van der Waals surface area (Å²) in [6.07, 6.45) is 11.3. The van der Waals surface area contributed by atoms with Gasteiger partial charge in [0, 0.05) is 25.6 Å². The van der Waals surface area contributed by atoms with Crippen LogP contribution in [-0.2, 0) is 13.6 Å². The van der Waals surface area contributed by atoms with E-state index >= 15 is 0 Å². The molecule has 1 saturated heterocycles. The first kappa shape index (κ1) is 16.7. The van der Waals surface area contributed by atoms with E-state index in [2.05, 4.69) is 24.4 Å². The molecule has 0 radical (unpaired) electrons. The van der Waals surface area contributed by atoms with Crippen molar-refractivity contribution in [3.63, 3.8) is 0 Å². The summed E-state index contributed by atoms with van der Waals surface area (Å²) in [6.45, 7) is 3.76. The van der Waals surface area contributed by atoms with Crippen molar-refractivity contribution in [1.82, 2.24) is 29.4 Å². The van der Waals surface area contributed by atoms with Crippen LogP contribution in [0.2, 0.25) is 0 Å². The highest BCUT2D eigenvalue weighted by Crippen LogP contribution is 2.32. The van der Waals surface area contributed by atoms with Crippen molar-refractivity contribution in [3.05, 3.63) is 60.3 Å². The van der Waals surface area contributed by atoms with Gasteiger partial charge < -0.3 is 9.30 Å². The summed E-state index contributed by atoms with van der Waals surface area (Å²) < 4.78 is 7.96. The zero-order valence-electron chi connectivity index (χ0n) is 15.0. The highest BCUT2D eigenvalue weighted by molar-refractivity contribution is 5.29. The van der Waals surface area contributed by atoms with Crippen LogP contribution in [0.3, 0.4) is 0 Å². The standard InChI is InChI=1S/C19H22N6O/c1-14-17(6-3-7-21-14)26-19-12-20-11-15(23-19)16-5-4-9-25(16)13-18-22-8-10-24(18)2/h3,6-8,10-12,16H,4-5,9,13H2,1-2H3/t16-/m0/s1. The molecule has 134 valence electrons. The van der Waals surface area contributed by atoms with Gasteiger partial charge in [-0.3, -0.25) is 14.9 Å². The summed E-state index contributed by atoms with van der Waals surface area (Å²) in [5.41, 5.74) is 1.77. The molecule has 1 aliphatic heterocycles. The molecule has 26 heavy (non-hydrogen) atoms. The van der Waals surface area contributed by atoms with E-state index in [4.69, 9.17) is 9.72 Å². The smallest absolute Gasteiger partial charge is 0.238 e. The maximum Gasteiger partial charge on any atom is 0.238 e.